The number of rotatable bonds is 0. The predicted octanol–water partition coefficient (Wildman–Crippen LogP) is 3.26. The minimum Gasteiger partial charge on any atom is -0.489 e. The molecule has 0 N–H and O–H groups in total. The first-order valence-corrected chi connectivity index (χ1v) is 6.28. The van der Waals surface area contributed by atoms with E-state index in [1.165, 1.54) is 0 Å². The molecule has 84 valence electrons. The topological polar surface area (TPSA) is 18.5 Å². The van der Waals surface area contributed by atoms with Crippen LogP contribution in [0.25, 0.3) is 5.57 Å². The Kier molecular flexibility index (Phi) is 2.52. The first-order chi connectivity index (χ1) is 7.75. The molecule has 0 spiro atoms. The van der Waals surface area contributed by atoms with Crippen LogP contribution >= 0.6 is 15.9 Å². The van der Waals surface area contributed by atoms with Gasteiger partial charge in [0.2, 0.25) is 0 Å². The molecule has 2 heterocycles. The second-order valence-electron chi connectivity index (χ2n) is 4.29. The Balaban J connectivity index is 2.03. The number of hydrogen-bond donors (Lipinski definition) is 0. The van der Waals surface area contributed by atoms with Crippen LogP contribution in [0.5, 0.6) is 5.75 Å². The fourth-order valence-corrected chi connectivity index (χ4v) is 2.76. The molecule has 3 heteroatoms. The quantitative estimate of drug-likeness (QED) is 0.726. The van der Waals surface area contributed by atoms with Gasteiger partial charge in [0.1, 0.15) is 11.9 Å². The van der Waals surface area contributed by atoms with Gasteiger partial charge in [0.25, 0.3) is 0 Å². The molecule has 1 aromatic carbocycles. The van der Waals surface area contributed by atoms with E-state index in [4.69, 9.17) is 9.47 Å². The highest BCUT2D eigenvalue weighted by molar-refractivity contribution is 9.10. The summed E-state index contributed by atoms with van der Waals surface area (Å²) in [7, 11) is 0. The predicted molar refractivity (Wildman–Crippen MR) is 66.5 cm³/mol. The molecule has 0 saturated carbocycles. The number of benzene rings is 1. The zero-order valence-corrected chi connectivity index (χ0v) is 10.5. The molecule has 1 unspecified atom stereocenters. The van der Waals surface area contributed by atoms with Crippen LogP contribution in [0.3, 0.4) is 0 Å². The second-order valence-corrected chi connectivity index (χ2v) is 5.21. The van der Waals surface area contributed by atoms with Gasteiger partial charge in [0.15, 0.2) is 0 Å². The Bertz CT molecular complexity index is 442. The SMILES string of the molecule is C=C1c2cc(Br)ccc2O[C@H]2CCOCC12. The monoisotopic (exact) mass is 280 g/mol. The molecule has 2 atom stereocenters. The largest absolute Gasteiger partial charge is 0.489 e. The zero-order valence-electron chi connectivity index (χ0n) is 8.91. The molecule has 1 aromatic rings. The minimum atomic E-state index is 0.245. The van der Waals surface area contributed by atoms with E-state index >= 15 is 0 Å². The third-order valence-corrected chi connectivity index (χ3v) is 3.80. The van der Waals surface area contributed by atoms with Crippen LogP contribution in [0, 0.1) is 5.92 Å². The summed E-state index contributed by atoms with van der Waals surface area (Å²) in [6.45, 7) is 5.72. The minimum absolute atomic E-state index is 0.245. The molecule has 0 bridgehead atoms. The van der Waals surface area contributed by atoms with Crippen molar-refractivity contribution in [3.05, 3.63) is 34.8 Å². The summed E-state index contributed by atoms with van der Waals surface area (Å²) in [6.07, 6.45) is 1.20. The van der Waals surface area contributed by atoms with Gasteiger partial charge in [-0.15, -0.1) is 0 Å². The molecule has 1 fully saturated rings. The van der Waals surface area contributed by atoms with E-state index in [2.05, 4.69) is 28.6 Å². The highest BCUT2D eigenvalue weighted by atomic mass is 79.9. The van der Waals surface area contributed by atoms with Crippen molar-refractivity contribution < 1.29 is 9.47 Å². The Labute approximate surface area is 103 Å². The van der Waals surface area contributed by atoms with Crippen molar-refractivity contribution in [1.29, 1.82) is 0 Å². The van der Waals surface area contributed by atoms with Crippen LogP contribution in [0.4, 0.5) is 0 Å². The number of fused-ring (bicyclic) bond motifs is 2. The van der Waals surface area contributed by atoms with E-state index in [0.717, 1.165) is 41.0 Å². The van der Waals surface area contributed by atoms with Crippen molar-refractivity contribution in [3.8, 4) is 5.75 Å². The Morgan fingerprint density at radius 1 is 1.38 bits per heavy atom. The lowest BCUT2D eigenvalue weighted by Crippen LogP contribution is -2.39. The summed E-state index contributed by atoms with van der Waals surface area (Å²) < 4.78 is 12.6. The lowest BCUT2D eigenvalue weighted by Gasteiger charge is -2.38. The Morgan fingerprint density at radius 3 is 3.12 bits per heavy atom. The molecule has 0 amide bonds. The molecule has 2 aliphatic rings. The maximum atomic E-state index is 6.00. The van der Waals surface area contributed by atoms with E-state index in [1.54, 1.807) is 0 Å². The first kappa shape index (κ1) is 10.4. The molecule has 0 aromatic heterocycles. The van der Waals surface area contributed by atoms with E-state index < -0.39 is 0 Å². The molecule has 0 aliphatic carbocycles. The van der Waals surface area contributed by atoms with Crippen molar-refractivity contribution in [2.75, 3.05) is 13.2 Å². The maximum absolute atomic E-state index is 6.00. The first-order valence-electron chi connectivity index (χ1n) is 5.49. The van der Waals surface area contributed by atoms with E-state index in [9.17, 15) is 0 Å². The summed E-state index contributed by atoms with van der Waals surface area (Å²) in [4.78, 5) is 0. The second kappa shape index (κ2) is 3.90. The molecule has 16 heavy (non-hydrogen) atoms. The third kappa shape index (κ3) is 1.59. The average Bonchev–Trinajstić information content (AvgIpc) is 2.31. The lowest BCUT2D eigenvalue weighted by atomic mass is 9.84. The molecule has 0 radical (unpaired) electrons. The van der Waals surface area contributed by atoms with Gasteiger partial charge in [0.05, 0.1) is 13.2 Å². The lowest BCUT2D eigenvalue weighted by molar-refractivity contribution is -0.00681. The summed E-state index contributed by atoms with van der Waals surface area (Å²) in [5.41, 5.74) is 2.26. The number of ether oxygens (including phenoxy) is 2. The fraction of sp³-hybridized carbons (Fsp3) is 0.385. The summed E-state index contributed by atoms with van der Waals surface area (Å²) in [6, 6.07) is 6.09. The van der Waals surface area contributed by atoms with Gasteiger partial charge in [-0.1, -0.05) is 22.5 Å². The Hall–Kier alpha value is -0.800. The molecule has 2 aliphatic heterocycles. The summed E-state index contributed by atoms with van der Waals surface area (Å²) in [5, 5.41) is 0. The smallest absolute Gasteiger partial charge is 0.127 e. The van der Waals surface area contributed by atoms with Gasteiger partial charge in [-0.3, -0.25) is 0 Å². The summed E-state index contributed by atoms with van der Waals surface area (Å²) >= 11 is 3.48. The van der Waals surface area contributed by atoms with E-state index in [0.29, 0.717) is 5.92 Å². The molecule has 2 nitrogen and oxygen atoms in total. The maximum Gasteiger partial charge on any atom is 0.127 e. The van der Waals surface area contributed by atoms with Crippen LogP contribution in [0.15, 0.2) is 29.3 Å². The van der Waals surface area contributed by atoms with E-state index in [1.807, 2.05) is 12.1 Å². The van der Waals surface area contributed by atoms with Gasteiger partial charge in [-0.2, -0.15) is 0 Å². The number of hydrogen-bond acceptors (Lipinski definition) is 2. The van der Waals surface area contributed by atoms with Crippen molar-refractivity contribution in [3.63, 3.8) is 0 Å². The van der Waals surface area contributed by atoms with Crippen LogP contribution in [-0.4, -0.2) is 19.3 Å². The van der Waals surface area contributed by atoms with Gasteiger partial charge in [-0.25, -0.2) is 0 Å². The van der Waals surface area contributed by atoms with Gasteiger partial charge in [0, 0.05) is 22.4 Å². The normalized spacial score (nSPS) is 27.9. The van der Waals surface area contributed by atoms with Crippen LogP contribution in [-0.2, 0) is 4.74 Å². The van der Waals surface area contributed by atoms with Crippen LogP contribution in [0.1, 0.15) is 12.0 Å². The van der Waals surface area contributed by atoms with Gasteiger partial charge in [-0.05, 0) is 23.8 Å². The fourth-order valence-electron chi connectivity index (χ4n) is 2.40. The van der Waals surface area contributed by atoms with Gasteiger partial charge < -0.3 is 9.47 Å². The van der Waals surface area contributed by atoms with Crippen molar-refractivity contribution >= 4 is 21.5 Å². The molecular formula is C13H13BrO2. The van der Waals surface area contributed by atoms with Crippen molar-refractivity contribution in [2.24, 2.45) is 5.92 Å². The Morgan fingerprint density at radius 2 is 2.25 bits per heavy atom. The molecule has 1 saturated heterocycles. The highest BCUT2D eigenvalue weighted by Gasteiger charge is 2.35. The molecule has 3 rings (SSSR count). The highest BCUT2D eigenvalue weighted by Crippen LogP contribution is 2.41. The van der Waals surface area contributed by atoms with Crippen molar-refractivity contribution in [2.45, 2.75) is 12.5 Å². The zero-order chi connectivity index (χ0) is 11.1. The van der Waals surface area contributed by atoms with Crippen LogP contribution < -0.4 is 4.74 Å². The summed E-state index contributed by atoms with van der Waals surface area (Å²) in [5.74, 6) is 1.27. The standard InChI is InChI=1S/C13H13BrO2/c1-8-10-6-9(14)2-3-12(10)16-13-4-5-15-7-11(8)13/h2-3,6,11,13H,1,4-5,7H2/t11?,13-/m0/s1. The van der Waals surface area contributed by atoms with E-state index in [-0.39, 0.29) is 6.10 Å². The number of halogens is 1. The average molecular weight is 281 g/mol. The van der Waals surface area contributed by atoms with Crippen molar-refractivity contribution in [1.82, 2.24) is 0 Å². The van der Waals surface area contributed by atoms with Gasteiger partial charge >= 0.3 is 0 Å². The molecular weight excluding hydrogens is 268 g/mol. The van der Waals surface area contributed by atoms with Crippen LogP contribution in [0.2, 0.25) is 0 Å². The third-order valence-electron chi connectivity index (χ3n) is 3.31.